The average Bonchev–Trinajstić information content (AvgIpc) is 2.30. The molecule has 88 valence electrons. The number of hydrogen-bond donors (Lipinski definition) is 2. The summed E-state index contributed by atoms with van der Waals surface area (Å²) in [5, 5.41) is 6.59. The molecular formula is C12H16BrFN2. The van der Waals surface area contributed by atoms with Crippen LogP contribution in [0.5, 0.6) is 0 Å². The zero-order chi connectivity index (χ0) is 11.4. The lowest BCUT2D eigenvalue weighted by molar-refractivity contribution is 0.413. The van der Waals surface area contributed by atoms with Gasteiger partial charge in [0.1, 0.15) is 5.82 Å². The van der Waals surface area contributed by atoms with Crippen molar-refractivity contribution in [1.82, 2.24) is 5.32 Å². The predicted octanol–water partition coefficient (Wildman–Crippen LogP) is 3.14. The largest absolute Gasteiger partial charge is 0.380 e. The van der Waals surface area contributed by atoms with Gasteiger partial charge in [0.05, 0.1) is 5.69 Å². The topological polar surface area (TPSA) is 24.1 Å². The van der Waals surface area contributed by atoms with E-state index in [1.54, 1.807) is 6.07 Å². The second-order valence-electron chi connectivity index (χ2n) is 4.12. The van der Waals surface area contributed by atoms with Gasteiger partial charge < -0.3 is 10.6 Å². The van der Waals surface area contributed by atoms with Crippen LogP contribution in [0.25, 0.3) is 0 Å². The summed E-state index contributed by atoms with van der Waals surface area (Å²) in [6.45, 7) is 1.85. The van der Waals surface area contributed by atoms with E-state index in [9.17, 15) is 4.39 Å². The molecule has 1 aliphatic heterocycles. The maximum atomic E-state index is 13.5. The Morgan fingerprint density at radius 2 is 2.31 bits per heavy atom. The highest BCUT2D eigenvalue weighted by Gasteiger charge is 2.13. The van der Waals surface area contributed by atoms with E-state index in [1.807, 2.05) is 6.07 Å². The molecule has 0 radical (unpaired) electrons. The van der Waals surface area contributed by atoms with Crippen LogP contribution < -0.4 is 10.6 Å². The third-order valence-corrected chi connectivity index (χ3v) is 3.56. The Hall–Kier alpha value is -0.610. The summed E-state index contributed by atoms with van der Waals surface area (Å²) < 4.78 is 14.3. The monoisotopic (exact) mass is 286 g/mol. The molecule has 16 heavy (non-hydrogen) atoms. The first kappa shape index (κ1) is 11.9. The van der Waals surface area contributed by atoms with E-state index >= 15 is 0 Å². The Kier molecular flexibility index (Phi) is 4.18. The van der Waals surface area contributed by atoms with Crippen LogP contribution in [0, 0.1) is 5.82 Å². The van der Waals surface area contributed by atoms with Gasteiger partial charge in [-0.3, -0.25) is 0 Å². The van der Waals surface area contributed by atoms with Crippen molar-refractivity contribution in [2.75, 3.05) is 18.4 Å². The molecule has 0 spiro atoms. The van der Waals surface area contributed by atoms with Gasteiger partial charge in [-0.1, -0.05) is 12.5 Å². The molecule has 1 saturated heterocycles. The fourth-order valence-electron chi connectivity index (χ4n) is 1.99. The fourth-order valence-corrected chi connectivity index (χ4v) is 2.47. The molecule has 1 aliphatic rings. The SMILES string of the molecule is Fc1cccc(Br)c1NCC1CCCCN1. The predicted molar refractivity (Wildman–Crippen MR) is 68.2 cm³/mol. The number of nitrogens with one attached hydrogen (secondary N) is 2. The zero-order valence-corrected chi connectivity index (χ0v) is 10.7. The van der Waals surface area contributed by atoms with Crippen molar-refractivity contribution in [1.29, 1.82) is 0 Å². The number of anilines is 1. The summed E-state index contributed by atoms with van der Waals surface area (Å²) in [4.78, 5) is 0. The van der Waals surface area contributed by atoms with Crippen molar-refractivity contribution in [2.24, 2.45) is 0 Å². The summed E-state index contributed by atoms with van der Waals surface area (Å²) in [6.07, 6.45) is 3.68. The minimum Gasteiger partial charge on any atom is -0.380 e. The number of para-hydroxylation sites is 1. The maximum absolute atomic E-state index is 13.5. The lowest BCUT2D eigenvalue weighted by Gasteiger charge is -2.24. The van der Waals surface area contributed by atoms with Gasteiger partial charge in [-0.05, 0) is 47.4 Å². The zero-order valence-electron chi connectivity index (χ0n) is 9.10. The summed E-state index contributed by atoms with van der Waals surface area (Å²) in [5.74, 6) is -0.204. The Bertz CT molecular complexity index is 331. The van der Waals surface area contributed by atoms with Crippen molar-refractivity contribution < 1.29 is 4.39 Å². The first-order valence-corrected chi connectivity index (χ1v) is 6.48. The maximum Gasteiger partial charge on any atom is 0.147 e. The van der Waals surface area contributed by atoms with E-state index in [0.717, 1.165) is 17.6 Å². The van der Waals surface area contributed by atoms with Gasteiger partial charge in [0, 0.05) is 17.1 Å². The van der Waals surface area contributed by atoms with Gasteiger partial charge in [0.15, 0.2) is 0 Å². The standard InChI is InChI=1S/C12H16BrFN2/c13-10-5-3-6-11(14)12(10)16-8-9-4-1-2-7-15-9/h3,5-6,9,15-16H,1-2,4,7-8H2. The minimum absolute atomic E-state index is 0.204. The smallest absolute Gasteiger partial charge is 0.147 e. The quantitative estimate of drug-likeness (QED) is 0.892. The van der Waals surface area contributed by atoms with Gasteiger partial charge in [-0.2, -0.15) is 0 Å². The number of piperidine rings is 1. The highest BCUT2D eigenvalue weighted by molar-refractivity contribution is 9.10. The van der Waals surface area contributed by atoms with Crippen LogP contribution in [0.15, 0.2) is 22.7 Å². The normalized spacial score (nSPS) is 20.8. The van der Waals surface area contributed by atoms with Gasteiger partial charge in [0.2, 0.25) is 0 Å². The number of halogens is 2. The van der Waals surface area contributed by atoms with Crippen LogP contribution in [0.3, 0.4) is 0 Å². The lowest BCUT2D eigenvalue weighted by atomic mass is 10.1. The Labute approximate surface area is 104 Å². The third kappa shape index (κ3) is 2.95. The summed E-state index contributed by atoms with van der Waals surface area (Å²) in [5.41, 5.74) is 0.565. The van der Waals surface area contributed by atoms with Gasteiger partial charge >= 0.3 is 0 Å². The Morgan fingerprint density at radius 3 is 3.00 bits per heavy atom. The molecule has 2 nitrogen and oxygen atoms in total. The number of hydrogen-bond acceptors (Lipinski definition) is 2. The van der Waals surface area contributed by atoms with Crippen LogP contribution >= 0.6 is 15.9 Å². The van der Waals surface area contributed by atoms with Crippen molar-refractivity contribution in [3.8, 4) is 0 Å². The van der Waals surface area contributed by atoms with Crippen LogP contribution in [0.1, 0.15) is 19.3 Å². The third-order valence-electron chi connectivity index (χ3n) is 2.90. The van der Waals surface area contributed by atoms with Gasteiger partial charge in [-0.15, -0.1) is 0 Å². The first-order chi connectivity index (χ1) is 7.77. The molecule has 4 heteroatoms. The second-order valence-corrected chi connectivity index (χ2v) is 4.98. The molecule has 1 heterocycles. The summed E-state index contributed by atoms with van der Waals surface area (Å²) in [7, 11) is 0. The molecule has 0 aliphatic carbocycles. The summed E-state index contributed by atoms with van der Waals surface area (Å²) >= 11 is 3.35. The lowest BCUT2D eigenvalue weighted by Crippen LogP contribution is -2.39. The molecule has 2 rings (SSSR count). The molecule has 1 atom stereocenters. The van der Waals surface area contributed by atoms with Crippen LogP contribution in [-0.4, -0.2) is 19.1 Å². The van der Waals surface area contributed by atoms with E-state index < -0.39 is 0 Å². The highest BCUT2D eigenvalue weighted by Crippen LogP contribution is 2.25. The molecule has 0 amide bonds. The molecule has 0 saturated carbocycles. The van der Waals surface area contributed by atoms with E-state index in [2.05, 4.69) is 26.6 Å². The number of benzene rings is 1. The molecule has 1 unspecified atom stereocenters. The van der Waals surface area contributed by atoms with Crippen molar-refractivity contribution in [2.45, 2.75) is 25.3 Å². The van der Waals surface area contributed by atoms with E-state index in [0.29, 0.717) is 11.7 Å². The van der Waals surface area contributed by atoms with E-state index in [4.69, 9.17) is 0 Å². The fraction of sp³-hybridized carbons (Fsp3) is 0.500. The van der Waals surface area contributed by atoms with Crippen LogP contribution in [-0.2, 0) is 0 Å². The van der Waals surface area contributed by atoms with E-state index in [-0.39, 0.29) is 5.82 Å². The van der Waals surface area contributed by atoms with Crippen molar-refractivity contribution >= 4 is 21.6 Å². The molecule has 1 aromatic carbocycles. The number of rotatable bonds is 3. The van der Waals surface area contributed by atoms with E-state index in [1.165, 1.54) is 25.3 Å². The van der Waals surface area contributed by atoms with Gasteiger partial charge in [-0.25, -0.2) is 4.39 Å². The molecule has 1 fully saturated rings. The molecule has 1 aromatic rings. The van der Waals surface area contributed by atoms with Crippen LogP contribution in [0.2, 0.25) is 0 Å². The van der Waals surface area contributed by atoms with Gasteiger partial charge in [0.25, 0.3) is 0 Å². The molecule has 0 aromatic heterocycles. The molecular weight excluding hydrogens is 271 g/mol. The first-order valence-electron chi connectivity index (χ1n) is 5.68. The highest BCUT2D eigenvalue weighted by atomic mass is 79.9. The summed E-state index contributed by atoms with van der Waals surface area (Å²) in [6, 6.07) is 5.48. The minimum atomic E-state index is -0.204. The average molecular weight is 287 g/mol. The van der Waals surface area contributed by atoms with Crippen molar-refractivity contribution in [3.63, 3.8) is 0 Å². The second kappa shape index (κ2) is 5.64. The van der Waals surface area contributed by atoms with Crippen molar-refractivity contribution in [3.05, 3.63) is 28.5 Å². The molecule has 2 N–H and O–H groups in total. The van der Waals surface area contributed by atoms with Crippen LogP contribution in [0.4, 0.5) is 10.1 Å². The molecule has 0 bridgehead atoms. The Morgan fingerprint density at radius 1 is 1.44 bits per heavy atom. The Balaban J connectivity index is 1.93.